The first-order valence-corrected chi connectivity index (χ1v) is 5.77. The summed E-state index contributed by atoms with van der Waals surface area (Å²) in [7, 11) is 0. The maximum absolute atomic E-state index is 11.8. The van der Waals surface area contributed by atoms with E-state index < -0.39 is 5.91 Å². The average molecular weight is 250 g/mol. The maximum atomic E-state index is 11.8. The number of amides is 2. The van der Waals surface area contributed by atoms with Crippen LogP contribution >= 0.6 is 0 Å². The Hall–Kier alpha value is -1.88. The number of aliphatic hydroxyl groups excluding tert-OH is 1. The van der Waals surface area contributed by atoms with Crippen molar-refractivity contribution in [2.75, 3.05) is 6.61 Å². The second kappa shape index (κ2) is 6.16. The fourth-order valence-corrected chi connectivity index (χ4v) is 1.38. The first kappa shape index (κ1) is 14.2. The SMILES string of the molecule is CC(CO)C(C)NC(=O)c1ccc(C(N)=O)cc1. The van der Waals surface area contributed by atoms with E-state index in [1.54, 1.807) is 12.1 Å². The molecule has 2 amide bonds. The van der Waals surface area contributed by atoms with E-state index in [9.17, 15) is 9.59 Å². The molecule has 0 aromatic heterocycles. The van der Waals surface area contributed by atoms with Gasteiger partial charge in [-0.15, -0.1) is 0 Å². The third-order valence-corrected chi connectivity index (χ3v) is 2.93. The number of carbonyl (C=O) groups is 2. The molecule has 0 saturated carbocycles. The molecule has 0 saturated heterocycles. The van der Waals surface area contributed by atoms with Gasteiger partial charge in [-0.25, -0.2) is 0 Å². The largest absolute Gasteiger partial charge is 0.396 e. The monoisotopic (exact) mass is 250 g/mol. The van der Waals surface area contributed by atoms with E-state index in [0.29, 0.717) is 11.1 Å². The van der Waals surface area contributed by atoms with Crippen molar-refractivity contribution in [2.24, 2.45) is 11.7 Å². The third kappa shape index (κ3) is 3.56. The molecule has 1 rings (SSSR count). The van der Waals surface area contributed by atoms with Gasteiger partial charge in [0.15, 0.2) is 0 Å². The van der Waals surface area contributed by atoms with E-state index >= 15 is 0 Å². The molecule has 5 nitrogen and oxygen atoms in total. The molecular formula is C13H18N2O3. The topological polar surface area (TPSA) is 92.4 Å². The first-order chi connectivity index (χ1) is 8.45. The van der Waals surface area contributed by atoms with Gasteiger partial charge in [-0.05, 0) is 37.1 Å². The van der Waals surface area contributed by atoms with Gasteiger partial charge in [0.05, 0.1) is 0 Å². The Morgan fingerprint density at radius 1 is 1.22 bits per heavy atom. The van der Waals surface area contributed by atoms with Gasteiger partial charge in [0.25, 0.3) is 5.91 Å². The van der Waals surface area contributed by atoms with Gasteiger partial charge in [-0.2, -0.15) is 0 Å². The number of aliphatic hydroxyl groups is 1. The highest BCUT2D eigenvalue weighted by atomic mass is 16.3. The molecule has 0 aliphatic heterocycles. The zero-order valence-electron chi connectivity index (χ0n) is 10.5. The van der Waals surface area contributed by atoms with Crippen LogP contribution in [-0.4, -0.2) is 29.6 Å². The van der Waals surface area contributed by atoms with Crippen molar-refractivity contribution in [2.45, 2.75) is 19.9 Å². The van der Waals surface area contributed by atoms with Gasteiger partial charge in [-0.3, -0.25) is 9.59 Å². The molecule has 2 unspecified atom stereocenters. The van der Waals surface area contributed by atoms with Crippen LogP contribution in [0.1, 0.15) is 34.6 Å². The van der Waals surface area contributed by atoms with Crippen LogP contribution in [0.15, 0.2) is 24.3 Å². The molecule has 1 aromatic carbocycles. The molecular weight excluding hydrogens is 232 g/mol. The summed E-state index contributed by atoms with van der Waals surface area (Å²) in [5.41, 5.74) is 5.93. The molecule has 2 atom stereocenters. The highest BCUT2D eigenvalue weighted by Gasteiger charge is 2.15. The quantitative estimate of drug-likeness (QED) is 0.711. The van der Waals surface area contributed by atoms with E-state index in [1.165, 1.54) is 12.1 Å². The van der Waals surface area contributed by atoms with Crippen LogP contribution in [0.2, 0.25) is 0 Å². The van der Waals surface area contributed by atoms with Crippen molar-refractivity contribution in [3.8, 4) is 0 Å². The van der Waals surface area contributed by atoms with E-state index in [4.69, 9.17) is 10.8 Å². The van der Waals surface area contributed by atoms with Crippen LogP contribution in [-0.2, 0) is 0 Å². The average Bonchev–Trinajstić information content (AvgIpc) is 2.37. The van der Waals surface area contributed by atoms with Gasteiger partial charge < -0.3 is 16.2 Å². The summed E-state index contributed by atoms with van der Waals surface area (Å²) in [5, 5.41) is 11.8. The number of nitrogens with two attached hydrogens (primary N) is 1. The number of hydrogen-bond acceptors (Lipinski definition) is 3. The standard InChI is InChI=1S/C13H18N2O3/c1-8(7-16)9(2)15-13(18)11-5-3-10(4-6-11)12(14)17/h3-6,8-9,16H,7H2,1-2H3,(H2,14,17)(H,15,18). The number of nitrogens with one attached hydrogen (secondary N) is 1. The van der Waals surface area contributed by atoms with Gasteiger partial charge >= 0.3 is 0 Å². The minimum absolute atomic E-state index is 0.0150. The van der Waals surface area contributed by atoms with Crippen molar-refractivity contribution in [3.05, 3.63) is 35.4 Å². The van der Waals surface area contributed by atoms with E-state index in [-0.39, 0.29) is 24.5 Å². The zero-order valence-corrected chi connectivity index (χ0v) is 10.5. The minimum Gasteiger partial charge on any atom is -0.396 e. The molecule has 0 bridgehead atoms. The van der Waals surface area contributed by atoms with Crippen molar-refractivity contribution in [1.82, 2.24) is 5.32 Å². The number of hydrogen-bond donors (Lipinski definition) is 3. The van der Waals surface area contributed by atoms with Gasteiger partial charge in [0, 0.05) is 23.8 Å². The second-order valence-electron chi connectivity index (χ2n) is 4.36. The first-order valence-electron chi connectivity index (χ1n) is 5.77. The fraction of sp³-hybridized carbons (Fsp3) is 0.385. The predicted octanol–water partition coefficient (Wildman–Crippen LogP) is 0.532. The normalized spacial score (nSPS) is 13.7. The van der Waals surface area contributed by atoms with Crippen LogP contribution in [0.5, 0.6) is 0 Å². The number of benzene rings is 1. The molecule has 0 fully saturated rings. The van der Waals surface area contributed by atoms with Crippen molar-refractivity contribution < 1.29 is 14.7 Å². The minimum atomic E-state index is -0.524. The Morgan fingerprint density at radius 2 is 1.72 bits per heavy atom. The number of rotatable bonds is 5. The molecule has 1 aromatic rings. The molecule has 0 aliphatic rings. The Balaban J connectivity index is 2.70. The molecule has 5 heteroatoms. The Labute approximate surface area is 106 Å². The summed E-state index contributed by atoms with van der Waals surface area (Å²) in [6.07, 6.45) is 0. The van der Waals surface area contributed by atoms with Gasteiger partial charge in [0.1, 0.15) is 0 Å². The van der Waals surface area contributed by atoms with Crippen molar-refractivity contribution >= 4 is 11.8 Å². The van der Waals surface area contributed by atoms with Crippen molar-refractivity contribution in [1.29, 1.82) is 0 Å². The van der Waals surface area contributed by atoms with E-state index in [2.05, 4.69) is 5.32 Å². The highest BCUT2D eigenvalue weighted by molar-refractivity contribution is 5.97. The summed E-state index contributed by atoms with van der Waals surface area (Å²) in [4.78, 5) is 22.7. The molecule has 98 valence electrons. The summed E-state index contributed by atoms with van der Waals surface area (Å²) in [5.74, 6) is -0.776. The van der Waals surface area contributed by atoms with Gasteiger partial charge in [-0.1, -0.05) is 6.92 Å². The molecule has 0 radical (unpaired) electrons. The van der Waals surface area contributed by atoms with Crippen LogP contribution in [0.25, 0.3) is 0 Å². The van der Waals surface area contributed by atoms with Crippen LogP contribution in [0, 0.1) is 5.92 Å². The molecule has 0 heterocycles. The van der Waals surface area contributed by atoms with E-state index in [1.807, 2.05) is 13.8 Å². The lowest BCUT2D eigenvalue weighted by atomic mass is 10.0. The highest BCUT2D eigenvalue weighted by Crippen LogP contribution is 2.06. The summed E-state index contributed by atoms with van der Waals surface area (Å²) in [6, 6.07) is 5.99. The smallest absolute Gasteiger partial charge is 0.251 e. The summed E-state index contributed by atoms with van der Waals surface area (Å²) >= 11 is 0. The van der Waals surface area contributed by atoms with Crippen LogP contribution in [0.3, 0.4) is 0 Å². The van der Waals surface area contributed by atoms with Crippen LogP contribution < -0.4 is 11.1 Å². The Bertz CT molecular complexity index is 428. The second-order valence-corrected chi connectivity index (χ2v) is 4.36. The Kier molecular flexibility index (Phi) is 4.85. The predicted molar refractivity (Wildman–Crippen MR) is 68.1 cm³/mol. The summed E-state index contributed by atoms with van der Waals surface area (Å²) in [6.45, 7) is 3.69. The van der Waals surface area contributed by atoms with Gasteiger partial charge in [0.2, 0.25) is 5.91 Å². The van der Waals surface area contributed by atoms with Crippen LogP contribution in [0.4, 0.5) is 0 Å². The molecule has 0 spiro atoms. The Morgan fingerprint density at radius 3 is 2.17 bits per heavy atom. The molecule has 0 aliphatic carbocycles. The zero-order chi connectivity index (χ0) is 13.7. The summed E-state index contributed by atoms with van der Waals surface area (Å²) < 4.78 is 0. The lowest BCUT2D eigenvalue weighted by molar-refractivity contribution is 0.0914. The van der Waals surface area contributed by atoms with E-state index in [0.717, 1.165) is 0 Å². The number of carbonyl (C=O) groups excluding carboxylic acids is 2. The number of primary amides is 1. The fourth-order valence-electron chi connectivity index (χ4n) is 1.38. The molecule has 4 N–H and O–H groups in total. The van der Waals surface area contributed by atoms with Crippen molar-refractivity contribution in [3.63, 3.8) is 0 Å². The molecule has 18 heavy (non-hydrogen) atoms. The lowest BCUT2D eigenvalue weighted by Crippen LogP contribution is -2.38. The third-order valence-electron chi connectivity index (χ3n) is 2.93. The maximum Gasteiger partial charge on any atom is 0.251 e. The lowest BCUT2D eigenvalue weighted by Gasteiger charge is -2.19.